The lowest BCUT2D eigenvalue weighted by atomic mass is 10.1. The Kier molecular flexibility index (Phi) is 5.86. The van der Waals surface area contributed by atoms with Crippen molar-refractivity contribution in [2.75, 3.05) is 26.2 Å². The van der Waals surface area contributed by atoms with Gasteiger partial charge in [0.05, 0.1) is 12.1 Å². The van der Waals surface area contributed by atoms with E-state index in [-0.39, 0.29) is 49.8 Å². The van der Waals surface area contributed by atoms with Gasteiger partial charge in [-0.15, -0.1) is 12.4 Å². The van der Waals surface area contributed by atoms with Crippen LogP contribution in [0, 0.1) is 5.82 Å². The minimum Gasteiger partial charge on any atom is -0.491 e. The Bertz CT molecular complexity index is 514. The zero-order chi connectivity index (χ0) is 14.8. The normalized spacial score (nSPS) is 16.5. The molecule has 8 heteroatoms. The molecular formula is C13H16ClF3N2O2. The number of hydrogen-bond donors (Lipinski definition) is 1. The number of hydrogen-bond acceptors (Lipinski definition) is 3. The van der Waals surface area contributed by atoms with Gasteiger partial charge >= 0.3 is 0 Å². The standard InChI is InChI=1S/C13H15F3N2O2.ClH/c14-9-1-2-11(20-6-4-17)10(7-9)12(19)18-5-3-13(15,16)8-18;/h1-2,7H,3-6,8,17H2;1H. The van der Waals surface area contributed by atoms with E-state index in [2.05, 4.69) is 0 Å². The first-order valence-electron chi connectivity index (χ1n) is 6.22. The second kappa shape index (κ2) is 7.00. The summed E-state index contributed by atoms with van der Waals surface area (Å²) in [6, 6.07) is 3.43. The van der Waals surface area contributed by atoms with E-state index < -0.39 is 24.2 Å². The number of nitrogens with zero attached hydrogens (tertiary/aromatic N) is 1. The molecule has 2 rings (SSSR count). The Morgan fingerprint density at radius 3 is 2.71 bits per heavy atom. The molecule has 0 unspecified atom stereocenters. The highest BCUT2D eigenvalue weighted by molar-refractivity contribution is 5.97. The van der Waals surface area contributed by atoms with E-state index in [0.717, 1.165) is 17.0 Å². The minimum absolute atomic E-state index is 0. The summed E-state index contributed by atoms with van der Waals surface area (Å²) in [6.07, 6.45) is -0.382. The molecule has 1 aromatic rings. The van der Waals surface area contributed by atoms with Gasteiger partial charge in [-0.3, -0.25) is 4.79 Å². The van der Waals surface area contributed by atoms with Crippen LogP contribution in [0.3, 0.4) is 0 Å². The predicted molar refractivity (Wildman–Crippen MR) is 73.7 cm³/mol. The third kappa shape index (κ3) is 4.25. The lowest BCUT2D eigenvalue weighted by Crippen LogP contribution is -2.31. The lowest BCUT2D eigenvalue weighted by molar-refractivity contribution is 0.0119. The molecule has 118 valence electrons. The van der Waals surface area contributed by atoms with E-state index in [1.807, 2.05) is 0 Å². The van der Waals surface area contributed by atoms with Crippen LogP contribution in [0.25, 0.3) is 0 Å². The number of carbonyl (C=O) groups excluding carboxylic acids is 1. The average Bonchev–Trinajstić information content (AvgIpc) is 2.77. The zero-order valence-electron chi connectivity index (χ0n) is 11.2. The van der Waals surface area contributed by atoms with E-state index >= 15 is 0 Å². The maximum atomic E-state index is 13.3. The molecule has 1 heterocycles. The van der Waals surface area contributed by atoms with Crippen molar-refractivity contribution < 1.29 is 22.7 Å². The number of likely N-dealkylation sites (tertiary alicyclic amines) is 1. The van der Waals surface area contributed by atoms with E-state index in [9.17, 15) is 18.0 Å². The fourth-order valence-electron chi connectivity index (χ4n) is 2.04. The van der Waals surface area contributed by atoms with Gasteiger partial charge < -0.3 is 15.4 Å². The molecule has 1 amide bonds. The molecule has 2 N–H and O–H groups in total. The van der Waals surface area contributed by atoms with Crippen LogP contribution < -0.4 is 10.5 Å². The van der Waals surface area contributed by atoms with Crippen molar-refractivity contribution in [3.05, 3.63) is 29.6 Å². The number of alkyl halides is 2. The number of halogens is 4. The minimum atomic E-state index is -2.89. The molecule has 0 aliphatic carbocycles. The summed E-state index contributed by atoms with van der Waals surface area (Å²) < 4.78 is 44.8. The summed E-state index contributed by atoms with van der Waals surface area (Å²) in [5.74, 6) is -4.02. The van der Waals surface area contributed by atoms with Gasteiger partial charge in [0.2, 0.25) is 0 Å². The van der Waals surface area contributed by atoms with Crippen molar-refractivity contribution >= 4 is 18.3 Å². The molecule has 0 radical (unpaired) electrons. The summed E-state index contributed by atoms with van der Waals surface area (Å²) in [5, 5.41) is 0. The topological polar surface area (TPSA) is 55.6 Å². The summed E-state index contributed by atoms with van der Waals surface area (Å²) in [5.41, 5.74) is 5.24. The Balaban J connectivity index is 0.00000220. The predicted octanol–water partition coefficient (Wildman–Crippen LogP) is 2.07. The zero-order valence-corrected chi connectivity index (χ0v) is 12.0. The molecule has 1 aliphatic rings. The number of nitrogens with two attached hydrogens (primary N) is 1. The van der Waals surface area contributed by atoms with E-state index in [4.69, 9.17) is 10.5 Å². The van der Waals surface area contributed by atoms with Crippen molar-refractivity contribution in [3.63, 3.8) is 0 Å². The third-order valence-corrected chi connectivity index (χ3v) is 3.00. The van der Waals surface area contributed by atoms with Gasteiger partial charge in [0, 0.05) is 19.5 Å². The van der Waals surface area contributed by atoms with Gasteiger partial charge in [0.25, 0.3) is 11.8 Å². The molecule has 0 bridgehead atoms. The van der Waals surface area contributed by atoms with Gasteiger partial charge in [0.15, 0.2) is 0 Å². The first kappa shape index (κ1) is 17.6. The average molecular weight is 325 g/mol. The first-order chi connectivity index (χ1) is 9.43. The van der Waals surface area contributed by atoms with Crippen LogP contribution in [0.4, 0.5) is 13.2 Å². The molecular weight excluding hydrogens is 309 g/mol. The van der Waals surface area contributed by atoms with Gasteiger partial charge in [-0.1, -0.05) is 0 Å². The van der Waals surface area contributed by atoms with Gasteiger partial charge in [-0.05, 0) is 18.2 Å². The highest BCUT2D eigenvalue weighted by atomic mass is 35.5. The van der Waals surface area contributed by atoms with Crippen molar-refractivity contribution in [2.45, 2.75) is 12.3 Å². The van der Waals surface area contributed by atoms with Gasteiger partial charge in [0.1, 0.15) is 18.2 Å². The Morgan fingerprint density at radius 1 is 1.43 bits per heavy atom. The second-order valence-corrected chi connectivity index (χ2v) is 4.61. The molecule has 1 aromatic carbocycles. The molecule has 1 saturated heterocycles. The lowest BCUT2D eigenvalue weighted by Gasteiger charge is -2.18. The fraction of sp³-hybridized carbons (Fsp3) is 0.462. The highest BCUT2D eigenvalue weighted by Gasteiger charge is 2.41. The largest absolute Gasteiger partial charge is 0.491 e. The number of ether oxygens (including phenoxy) is 1. The molecule has 1 fully saturated rings. The van der Waals surface area contributed by atoms with Crippen LogP contribution in [0.1, 0.15) is 16.8 Å². The van der Waals surface area contributed by atoms with Crippen LogP contribution in [0.5, 0.6) is 5.75 Å². The monoisotopic (exact) mass is 324 g/mol. The molecule has 1 aliphatic heterocycles. The summed E-state index contributed by atoms with van der Waals surface area (Å²) in [7, 11) is 0. The first-order valence-corrected chi connectivity index (χ1v) is 6.22. The molecule has 0 saturated carbocycles. The van der Waals surface area contributed by atoms with Crippen LogP contribution >= 0.6 is 12.4 Å². The van der Waals surface area contributed by atoms with Crippen molar-refractivity contribution in [3.8, 4) is 5.75 Å². The number of rotatable bonds is 4. The van der Waals surface area contributed by atoms with E-state index in [0.29, 0.717) is 0 Å². The number of benzene rings is 1. The van der Waals surface area contributed by atoms with Crippen LogP contribution in [0.15, 0.2) is 18.2 Å². The van der Waals surface area contributed by atoms with E-state index in [1.54, 1.807) is 0 Å². The van der Waals surface area contributed by atoms with Gasteiger partial charge in [-0.2, -0.15) is 0 Å². The Labute approximate surface area is 126 Å². The fourth-order valence-corrected chi connectivity index (χ4v) is 2.04. The Morgan fingerprint density at radius 2 is 2.14 bits per heavy atom. The molecule has 0 atom stereocenters. The summed E-state index contributed by atoms with van der Waals surface area (Å²) in [4.78, 5) is 13.2. The number of carbonyl (C=O) groups is 1. The molecule has 0 spiro atoms. The van der Waals surface area contributed by atoms with Crippen molar-refractivity contribution in [2.24, 2.45) is 5.73 Å². The van der Waals surface area contributed by atoms with Crippen LogP contribution in [-0.2, 0) is 0 Å². The quantitative estimate of drug-likeness (QED) is 0.922. The number of amides is 1. The summed E-state index contributed by atoms with van der Waals surface area (Å²) in [6.45, 7) is -0.327. The molecule has 0 aromatic heterocycles. The maximum Gasteiger partial charge on any atom is 0.267 e. The van der Waals surface area contributed by atoms with Crippen molar-refractivity contribution in [1.82, 2.24) is 4.90 Å². The second-order valence-electron chi connectivity index (χ2n) is 4.61. The van der Waals surface area contributed by atoms with Crippen LogP contribution in [0.2, 0.25) is 0 Å². The third-order valence-electron chi connectivity index (χ3n) is 3.00. The van der Waals surface area contributed by atoms with Crippen molar-refractivity contribution in [1.29, 1.82) is 0 Å². The maximum absolute atomic E-state index is 13.3. The van der Waals surface area contributed by atoms with E-state index in [1.165, 1.54) is 6.07 Å². The smallest absolute Gasteiger partial charge is 0.267 e. The SMILES string of the molecule is Cl.NCCOc1ccc(F)cc1C(=O)N1CCC(F)(F)C1. The molecule has 21 heavy (non-hydrogen) atoms. The Hall–Kier alpha value is -1.47. The summed E-state index contributed by atoms with van der Waals surface area (Å²) >= 11 is 0. The highest BCUT2D eigenvalue weighted by Crippen LogP contribution is 2.30. The van der Waals surface area contributed by atoms with Gasteiger partial charge in [-0.25, -0.2) is 13.2 Å². The molecule has 4 nitrogen and oxygen atoms in total. The van der Waals surface area contributed by atoms with Crippen LogP contribution in [-0.4, -0.2) is 43.0 Å².